The number of nitro groups is 2. The number of non-ortho nitro benzene ring substituents is 1. The molecule has 1 spiro atoms. The molecule has 1 heterocycles. The maximum Gasteiger partial charge on any atom is 0.301 e. The van der Waals surface area contributed by atoms with Crippen LogP contribution in [0.1, 0.15) is 44.9 Å². The van der Waals surface area contributed by atoms with Crippen molar-refractivity contribution in [2.75, 3.05) is 5.43 Å². The summed E-state index contributed by atoms with van der Waals surface area (Å²) in [4.78, 5) is 20.9. The van der Waals surface area contributed by atoms with Gasteiger partial charge in [-0.05, 0) is 43.6 Å². The summed E-state index contributed by atoms with van der Waals surface area (Å²) in [5.41, 5.74) is 3.80. The van der Waals surface area contributed by atoms with Gasteiger partial charge in [-0.25, -0.2) is 0 Å². The van der Waals surface area contributed by atoms with Crippen molar-refractivity contribution in [2.24, 2.45) is 15.9 Å². The van der Waals surface area contributed by atoms with E-state index in [1.807, 2.05) is 0 Å². The number of fused-ring (bicyclic) bond motifs is 1. The van der Waals surface area contributed by atoms with Crippen LogP contribution in [0.3, 0.4) is 0 Å². The maximum atomic E-state index is 11.3. The first-order valence-corrected chi connectivity index (χ1v) is 9.35. The molecule has 0 aromatic heterocycles. The molecule has 1 saturated heterocycles. The molecule has 3 saturated carbocycles. The van der Waals surface area contributed by atoms with Gasteiger partial charge in [0.25, 0.3) is 5.69 Å². The van der Waals surface area contributed by atoms with Gasteiger partial charge in [-0.2, -0.15) is 5.10 Å². The van der Waals surface area contributed by atoms with E-state index in [1.165, 1.54) is 37.8 Å². The van der Waals surface area contributed by atoms with Gasteiger partial charge in [0.15, 0.2) is 0 Å². The zero-order chi connectivity index (χ0) is 18.8. The molecule has 3 aliphatic carbocycles. The number of anilines is 1. The van der Waals surface area contributed by atoms with E-state index in [0.717, 1.165) is 31.0 Å². The monoisotopic (exact) mass is 372 g/mol. The zero-order valence-electron chi connectivity index (χ0n) is 14.7. The van der Waals surface area contributed by atoms with E-state index >= 15 is 0 Å². The van der Waals surface area contributed by atoms with Gasteiger partial charge in [-0.3, -0.25) is 25.7 Å². The molecule has 1 aromatic carbocycles. The minimum Gasteiger partial charge on any atom is -0.368 e. The molecule has 1 N–H and O–H groups in total. The lowest BCUT2D eigenvalue weighted by atomic mass is 9.39. The molecular weight excluding hydrogens is 352 g/mol. The summed E-state index contributed by atoms with van der Waals surface area (Å²) in [6.07, 6.45) is 8.25. The van der Waals surface area contributed by atoms with Crippen LogP contribution < -0.4 is 5.43 Å². The summed E-state index contributed by atoms with van der Waals surface area (Å²) >= 11 is 0. The molecule has 0 unspecified atom stereocenters. The number of benzene rings is 1. The Balaban J connectivity index is 1.42. The van der Waals surface area contributed by atoms with Crippen molar-refractivity contribution in [3.8, 4) is 0 Å². The highest BCUT2D eigenvalue weighted by molar-refractivity contribution is 5.92. The number of rotatable bonds is 4. The third-order valence-corrected chi connectivity index (χ3v) is 7.26. The fourth-order valence-corrected chi connectivity index (χ4v) is 5.97. The summed E-state index contributed by atoms with van der Waals surface area (Å²) in [6.45, 7) is 0. The quantitative estimate of drug-likeness (QED) is 0.634. The van der Waals surface area contributed by atoms with E-state index in [-0.39, 0.29) is 28.6 Å². The Labute approximate surface area is 155 Å². The third-order valence-electron chi connectivity index (χ3n) is 7.26. The first-order valence-electron chi connectivity index (χ1n) is 9.35. The van der Waals surface area contributed by atoms with Crippen molar-refractivity contribution in [3.05, 3.63) is 38.4 Å². The normalized spacial score (nSPS) is 37.4. The van der Waals surface area contributed by atoms with E-state index in [9.17, 15) is 20.2 Å². The molecule has 9 heteroatoms. The van der Waals surface area contributed by atoms with Crippen LogP contribution in [0.25, 0.3) is 0 Å². The van der Waals surface area contributed by atoms with Gasteiger partial charge < -0.3 is 4.74 Å². The number of hydrogen-bond donors (Lipinski definition) is 1. The van der Waals surface area contributed by atoms with Crippen LogP contribution >= 0.6 is 0 Å². The molecular formula is C18H20N4O5. The first kappa shape index (κ1) is 16.6. The van der Waals surface area contributed by atoms with Crippen LogP contribution in [-0.4, -0.2) is 27.8 Å². The minimum absolute atomic E-state index is 0.0201. The van der Waals surface area contributed by atoms with E-state index in [4.69, 9.17) is 4.74 Å². The Morgan fingerprint density at radius 3 is 2.74 bits per heavy atom. The fraction of sp³-hybridized carbons (Fsp3) is 0.611. The molecule has 4 fully saturated rings. The lowest BCUT2D eigenvalue weighted by Crippen LogP contribution is -2.62. The summed E-state index contributed by atoms with van der Waals surface area (Å²) in [5, 5.41) is 26.6. The molecule has 0 amide bonds. The van der Waals surface area contributed by atoms with Gasteiger partial charge in [0, 0.05) is 11.5 Å². The topological polar surface area (TPSA) is 120 Å². The van der Waals surface area contributed by atoms with Crippen LogP contribution in [0.2, 0.25) is 0 Å². The Morgan fingerprint density at radius 2 is 1.96 bits per heavy atom. The van der Waals surface area contributed by atoms with Gasteiger partial charge in [-0.15, -0.1) is 0 Å². The molecule has 27 heavy (non-hydrogen) atoms. The molecule has 2 bridgehead atoms. The van der Waals surface area contributed by atoms with Crippen LogP contribution in [-0.2, 0) is 4.74 Å². The number of ether oxygens (including phenoxy) is 1. The van der Waals surface area contributed by atoms with Crippen molar-refractivity contribution < 1.29 is 14.6 Å². The second-order valence-corrected chi connectivity index (χ2v) is 8.27. The van der Waals surface area contributed by atoms with Gasteiger partial charge in [0.2, 0.25) is 0 Å². The van der Waals surface area contributed by atoms with Crippen molar-refractivity contribution >= 4 is 22.8 Å². The van der Waals surface area contributed by atoms with E-state index < -0.39 is 9.85 Å². The number of hydrazone groups is 1. The molecule has 4 atom stereocenters. The van der Waals surface area contributed by atoms with Gasteiger partial charge >= 0.3 is 5.69 Å². The highest BCUT2D eigenvalue weighted by Gasteiger charge is 2.73. The minimum atomic E-state index is -0.648. The average molecular weight is 372 g/mol. The zero-order valence-corrected chi connectivity index (χ0v) is 14.7. The molecule has 1 aromatic rings. The van der Waals surface area contributed by atoms with E-state index in [1.54, 1.807) is 0 Å². The summed E-state index contributed by atoms with van der Waals surface area (Å²) in [7, 11) is 0. The van der Waals surface area contributed by atoms with Crippen LogP contribution in [0, 0.1) is 31.1 Å². The smallest absolute Gasteiger partial charge is 0.301 e. The van der Waals surface area contributed by atoms with Crippen molar-refractivity contribution in [2.45, 2.75) is 57.2 Å². The summed E-state index contributed by atoms with van der Waals surface area (Å²) < 4.78 is 6.24. The highest BCUT2D eigenvalue weighted by atomic mass is 16.6. The molecule has 1 aliphatic heterocycles. The Morgan fingerprint density at radius 1 is 1.15 bits per heavy atom. The lowest BCUT2D eigenvalue weighted by molar-refractivity contribution is -0.393. The molecule has 0 radical (unpaired) electrons. The van der Waals surface area contributed by atoms with Gasteiger partial charge in [-0.1, -0.05) is 12.8 Å². The van der Waals surface area contributed by atoms with Gasteiger partial charge in [0.05, 0.1) is 33.8 Å². The maximum absolute atomic E-state index is 11.3. The number of nitrogens with zero attached hydrogens (tertiary/aromatic N) is 3. The first-order chi connectivity index (χ1) is 12.9. The predicted octanol–water partition coefficient (Wildman–Crippen LogP) is 3.78. The van der Waals surface area contributed by atoms with Crippen molar-refractivity contribution in [1.82, 2.24) is 0 Å². The van der Waals surface area contributed by atoms with E-state index in [2.05, 4.69) is 10.5 Å². The van der Waals surface area contributed by atoms with Crippen LogP contribution in [0.5, 0.6) is 0 Å². The number of hydrogen-bond acceptors (Lipinski definition) is 7. The summed E-state index contributed by atoms with van der Waals surface area (Å²) in [6, 6.07) is 3.53. The molecule has 142 valence electrons. The SMILES string of the molecule is O=[N+]([O-])c1ccc(N/N=C2/C[C@@]34CCCC[C@@]35C[C@@H]2O[C@@H]5C4)c([N+](=O)[O-])c1. The van der Waals surface area contributed by atoms with Crippen molar-refractivity contribution in [1.29, 1.82) is 0 Å². The van der Waals surface area contributed by atoms with Crippen LogP contribution in [0.4, 0.5) is 17.1 Å². The second-order valence-electron chi connectivity index (χ2n) is 8.27. The van der Waals surface area contributed by atoms with Gasteiger partial charge in [0.1, 0.15) is 5.69 Å². The van der Waals surface area contributed by atoms with E-state index in [0.29, 0.717) is 11.5 Å². The Bertz CT molecular complexity index is 887. The number of nitrogens with one attached hydrogen (secondary N) is 1. The average Bonchev–Trinajstić information content (AvgIpc) is 2.78. The molecule has 4 aliphatic rings. The Kier molecular flexibility index (Phi) is 3.37. The van der Waals surface area contributed by atoms with Crippen LogP contribution in [0.15, 0.2) is 23.3 Å². The third kappa shape index (κ3) is 2.17. The highest BCUT2D eigenvalue weighted by Crippen LogP contribution is 2.74. The largest absolute Gasteiger partial charge is 0.368 e. The summed E-state index contributed by atoms with van der Waals surface area (Å²) in [5.74, 6) is 0. The molecule has 9 nitrogen and oxygen atoms in total. The predicted molar refractivity (Wildman–Crippen MR) is 96.7 cm³/mol. The standard InChI is InChI=1S/C18H20N4O5/c23-21(24)11-3-4-12(14(7-11)22(25)26)19-20-13-8-17-5-1-2-6-18(17)9-15(13)27-16(18)10-17/h3-4,7,15-16,19H,1-2,5-6,8-10H2/b20-13-/t15-,16+,17+,18-/m0/s1. The second kappa shape index (κ2) is 5.48. The lowest BCUT2D eigenvalue weighted by Gasteiger charge is -2.64. The fourth-order valence-electron chi connectivity index (χ4n) is 5.97. The Hall–Kier alpha value is -2.55. The number of nitro benzene ring substituents is 2. The van der Waals surface area contributed by atoms with Crippen molar-refractivity contribution in [3.63, 3.8) is 0 Å². The molecule has 5 rings (SSSR count).